The number of ether oxygens (including phenoxy) is 3. The number of carboxylic acid groups (broad SMARTS) is 1. The lowest BCUT2D eigenvalue weighted by atomic mass is 9.95. The van der Waals surface area contributed by atoms with Crippen molar-refractivity contribution in [2.75, 3.05) is 39.7 Å². The summed E-state index contributed by atoms with van der Waals surface area (Å²) in [5, 5.41) is 17.6. The van der Waals surface area contributed by atoms with Crippen molar-refractivity contribution in [2.24, 2.45) is 0 Å². The average molecular weight is 584 g/mol. The van der Waals surface area contributed by atoms with Gasteiger partial charge < -0.3 is 35.3 Å². The molecule has 42 heavy (non-hydrogen) atoms. The summed E-state index contributed by atoms with van der Waals surface area (Å²) in [4.78, 5) is 47.9. The molecule has 0 aliphatic heterocycles. The van der Waals surface area contributed by atoms with Crippen LogP contribution in [-0.4, -0.2) is 57.3 Å². The van der Waals surface area contributed by atoms with E-state index in [4.69, 9.17) is 19.3 Å². The summed E-state index contributed by atoms with van der Waals surface area (Å²) < 4.78 is 17.0. The van der Waals surface area contributed by atoms with E-state index in [2.05, 4.69) is 16.0 Å². The van der Waals surface area contributed by atoms with Gasteiger partial charge in [0.2, 0.25) is 23.0 Å². The second-order valence-corrected chi connectivity index (χ2v) is 10.2. The number of methoxy groups -OCH3 is 3. The van der Waals surface area contributed by atoms with Gasteiger partial charge in [-0.05, 0) is 67.0 Å². The minimum atomic E-state index is -0.876. The largest absolute Gasteiger partial charge is 0.493 e. The Labute approximate surface area is 245 Å². The lowest BCUT2D eigenvalue weighted by Gasteiger charge is -2.19. The number of aliphatic carboxylic acids is 1. The zero-order valence-corrected chi connectivity index (χ0v) is 24.8. The molecule has 1 aliphatic carbocycles. The number of rotatable bonds is 15. The van der Waals surface area contributed by atoms with Crippen molar-refractivity contribution in [1.82, 2.24) is 10.6 Å². The van der Waals surface area contributed by atoms with E-state index in [-0.39, 0.29) is 29.7 Å². The third-order valence-electron chi connectivity index (χ3n) is 7.20. The third-order valence-corrected chi connectivity index (χ3v) is 7.20. The average Bonchev–Trinajstić information content (AvgIpc) is 3.20. The molecule has 1 atom stereocenters. The minimum Gasteiger partial charge on any atom is -0.493 e. The van der Waals surface area contributed by atoms with Crippen LogP contribution in [0.5, 0.6) is 17.2 Å². The molecule has 0 heterocycles. The summed E-state index contributed by atoms with van der Waals surface area (Å²) >= 11 is 0. The van der Waals surface area contributed by atoms with Gasteiger partial charge in [0.15, 0.2) is 11.5 Å². The number of benzene rings is 1. The highest BCUT2D eigenvalue weighted by molar-refractivity contribution is 5.83. The fourth-order valence-corrected chi connectivity index (χ4v) is 5.22. The van der Waals surface area contributed by atoms with Crippen LogP contribution >= 0.6 is 0 Å². The van der Waals surface area contributed by atoms with E-state index in [1.54, 1.807) is 33.5 Å². The summed E-state index contributed by atoms with van der Waals surface area (Å²) in [6, 6.07) is 6.74. The van der Waals surface area contributed by atoms with Crippen LogP contribution in [0.25, 0.3) is 11.1 Å². The highest BCUT2D eigenvalue weighted by atomic mass is 16.5. The topological polar surface area (TPSA) is 152 Å². The molecule has 3 rings (SSSR count). The molecule has 2 aromatic carbocycles. The molecular formula is C31H41N3O8. The number of anilines is 1. The molecule has 11 nitrogen and oxygen atoms in total. The summed E-state index contributed by atoms with van der Waals surface area (Å²) in [7, 11) is 4.67. The summed E-state index contributed by atoms with van der Waals surface area (Å²) in [6.45, 7) is 2.36. The second kappa shape index (κ2) is 15.6. The quantitative estimate of drug-likeness (QED) is 0.229. The first-order chi connectivity index (χ1) is 20.2. The Kier molecular flexibility index (Phi) is 12.0. The summed E-state index contributed by atoms with van der Waals surface area (Å²) in [5.74, 6) is 0.323. The van der Waals surface area contributed by atoms with Crippen molar-refractivity contribution >= 4 is 23.5 Å². The number of unbranched alkanes of at least 4 members (excludes halogenated alkanes) is 2. The van der Waals surface area contributed by atoms with E-state index in [1.807, 2.05) is 12.1 Å². The van der Waals surface area contributed by atoms with E-state index in [0.29, 0.717) is 73.7 Å². The van der Waals surface area contributed by atoms with Crippen molar-refractivity contribution in [1.29, 1.82) is 0 Å². The molecule has 0 bridgehead atoms. The lowest BCUT2D eigenvalue weighted by Crippen LogP contribution is -2.26. The number of carbonyl (C=O) groups excluding carboxylic acids is 2. The molecule has 0 fully saturated rings. The fourth-order valence-electron chi connectivity index (χ4n) is 5.22. The molecule has 1 unspecified atom stereocenters. The molecule has 0 spiro atoms. The van der Waals surface area contributed by atoms with Gasteiger partial charge in [-0.25, -0.2) is 0 Å². The molecule has 2 amide bonds. The molecule has 0 aromatic heterocycles. The van der Waals surface area contributed by atoms with Gasteiger partial charge in [0.05, 0.1) is 33.1 Å². The van der Waals surface area contributed by atoms with Gasteiger partial charge in [-0.1, -0.05) is 12.5 Å². The normalized spacial score (nSPS) is 13.6. The molecule has 0 saturated carbocycles. The molecule has 1 aliphatic rings. The highest BCUT2D eigenvalue weighted by Gasteiger charge is 2.29. The predicted octanol–water partition coefficient (Wildman–Crippen LogP) is 3.82. The zero-order chi connectivity index (χ0) is 30.6. The Morgan fingerprint density at radius 3 is 2.36 bits per heavy atom. The fraction of sp³-hybridized carbons (Fsp3) is 0.484. The third kappa shape index (κ3) is 8.37. The number of hydrogen-bond donors (Lipinski definition) is 4. The maximum Gasteiger partial charge on any atom is 0.303 e. The van der Waals surface area contributed by atoms with Gasteiger partial charge >= 0.3 is 5.97 Å². The van der Waals surface area contributed by atoms with E-state index < -0.39 is 5.97 Å². The Bertz CT molecular complexity index is 1340. The highest BCUT2D eigenvalue weighted by Crippen LogP contribution is 2.50. The van der Waals surface area contributed by atoms with Crippen LogP contribution in [0.3, 0.4) is 0 Å². The van der Waals surface area contributed by atoms with E-state index in [0.717, 1.165) is 29.5 Å². The Morgan fingerprint density at radius 1 is 0.929 bits per heavy atom. The Hall–Kier alpha value is -4.28. The molecule has 0 saturated heterocycles. The lowest BCUT2D eigenvalue weighted by molar-refractivity contribution is -0.137. The SMILES string of the molecule is COc1cc2c(c(OC)c1OC)-c1ccc(NCCCCCC(=O)NCCCC(=O)O)c(=O)cc1C(NC(C)=O)CC2. The van der Waals surface area contributed by atoms with Gasteiger partial charge in [-0.3, -0.25) is 19.2 Å². The van der Waals surface area contributed by atoms with Gasteiger partial charge in [-0.2, -0.15) is 0 Å². The van der Waals surface area contributed by atoms with Gasteiger partial charge in [0, 0.05) is 38.4 Å². The van der Waals surface area contributed by atoms with Crippen LogP contribution in [0, 0.1) is 0 Å². The summed E-state index contributed by atoms with van der Waals surface area (Å²) in [5.41, 5.74) is 3.44. The number of hydrogen-bond acceptors (Lipinski definition) is 8. The number of carbonyl (C=O) groups is 3. The molecule has 2 aromatic rings. The maximum absolute atomic E-state index is 13.4. The summed E-state index contributed by atoms with van der Waals surface area (Å²) in [6.07, 6.45) is 4.24. The Balaban J connectivity index is 1.78. The molecular weight excluding hydrogens is 542 g/mol. The van der Waals surface area contributed by atoms with E-state index >= 15 is 0 Å². The minimum absolute atomic E-state index is 0.0325. The first-order valence-corrected chi connectivity index (χ1v) is 14.2. The van der Waals surface area contributed by atoms with Crippen LogP contribution < -0.4 is 35.6 Å². The first kappa shape index (κ1) is 32.2. The number of carboxylic acids is 1. The smallest absolute Gasteiger partial charge is 0.303 e. The van der Waals surface area contributed by atoms with Crippen molar-refractivity contribution in [2.45, 2.75) is 64.3 Å². The van der Waals surface area contributed by atoms with Crippen molar-refractivity contribution in [3.05, 3.63) is 45.6 Å². The standard InChI is InChI=1S/C31H41N3O8/c1-19(35)34-23-13-11-20-17-26(40-2)30(41-3)31(42-4)29(20)21-12-14-24(25(36)18-22(21)23)32-15-7-5-6-9-27(37)33-16-8-10-28(38)39/h12,14,17-18,23H,5-11,13,15-16H2,1-4H3,(H,32,36)(H,33,37)(H,34,35)(H,38,39). The van der Waals surface area contributed by atoms with Crippen molar-refractivity contribution in [3.63, 3.8) is 0 Å². The first-order valence-electron chi connectivity index (χ1n) is 14.2. The molecule has 11 heteroatoms. The zero-order valence-electron chi connectivity index (χ0n) is 24.8. The predicted molar refractivity (Wildman–Crippen MR) is 160 cm³/mol. The number of aryl methyl sites for hydroxylation is 1. The van der Waals surface area contributed by atoms with E-state index in [9.17, 15) is 19.2 Å². The molecule has 228 valence electrons. The van der Waals surface area contributed by atoms with Crippen molar-refractivity contribution in [3.8, 4) is 28.4 Å². The van der Waals surface area contributed by atoms with Crippen LogP contribution in [-0.2, 0) is 20.8 Å². The maximum atomic E-state index is 13.4. The Morgan fingerprint density at radius 2 is 1.69 bits per heavy atom. The molecule has 4 N–H and O–H groups in total. The van der Waals surface area contributed by atoms with Crippen LogP contribution in [0.2, 0.25) is 0 Å². The van der Waals surface area contributed by atoms with Crippen LogP contribution in [0.15, 0.2) is 29.1 Å². The monoisotopic (exact) mass is 583 g/mol. The van der Waals surface area contributed by atoms with Gasteiger partial charge in [-0.15, -0.1) is 0 Å². The van der Waals surface area contributed by atoms with Crippen LogP contribution in [0.4, 0.5) is 5.69 Å². The van der Waals surface area contributed by atoms with E-state index in [1.165, 1.54) is 6.92 Å². The van der Waals surface area contributed by atoms with Gasteiger partial charge in [0.25, 0.3) is 0 Å². The second-order valence-electron chi connectivity index (χ2n) is 10.2. The number of fused-ring (bicyclic) bond motifs is 3. The number of amides is 2. The van der Waals surface area contributed by atoms with Gasteiger partial charge in [0.1, 0.15) is 0 Å². The van der Waals surface area contributed by atoms with Crippen LogP contribution in [0.1, 0.15) is 69.0 Å². The number of nitrogens with one attached hydrogen (secondary N) is 3. The van der Waals surface area contributed by atoms with Crippen molar-refractivity contribution < 1.29 is 33.7 Å². The molecule has 0 radical (unpaired) electrons.